The Bertz CT molecular complexity index is 1660. The molecule has 0 aliphatic heterocycles. The highest BCUT2D eigenvalue weighted by Gasteiger charge is 2.24. The first kappa shape index (κ1) is 39.0. The number of carbonyl (C=O) groups is 1. The number of benzene rings is 4. The normalized spacial score (nSPS) is 13.4. The van der Waals surface area contributed by atoms with Crippen molar-refractivity contribution in [2.24, 2.45) is 0 Å². The Hall–Kier alpha value is -4.83. The molecule has 1 radical (unpaired) electrons. The monoisotopic (exact) mass is 697 g/mol. The first-order chi connectivity index (χ1) is 24.3. The van der Waals surface area contributed by atoms with E-state index in [-0.39, 0.29) is 43.9 Å². The van der Waals surface area contributed by atoms with Crippen LogP contribution in [0, 0.1) is 6.92 Å². The molecule has 0 saturated carbocycles. The van der Waals surface area contributed by atoms with Crippen molar-refractivity contribution in [2.75, 3.05) is 33.0 Å². The predicted molar refractivity (Wildman–Crippen MR) is 197 cm³/mol. The van der Waals surface area contributed by atoms with E-state index < -0.39 is 24.3 Å². The van der Waals surface area contributed by atoms with Crippen LogP contribution in [0.1, 0.15) is 49.9 Å². The Labute approximate surface area is 301 Å². The Morgan fingerprint density at radius 2 is 0.824 bits per heavy atom. The van der Waals surface area contributed by atoms with Gasteiger partial charge in [-0.3, -0.25) is 0 Å². The van der Waals surface area contributed by atoms with Crippen LogP contribution in [0.4, 0.5) is 0 Å². The van der Waals surface area contributed by atoms with Gasteiger partial charge in [-0.25, -0.2) is 4.79 Å². The molecule has 0 aliphatic carbocycles. The molecular formula is C42H49O9. The minimum atomic E-state index is -0.950. The van der Waals surface area contributed by atoms with E-state index >= 15 is 0 Å². The summed E-state index contributed by atoms with van der Waals surface area (Å²) in [6.45, 7) is 15.5. The average molecular weight is 698 g/mol. The number of aliphatic hydroxyl groups is 3. The van der Waals surface area contributed by atoms with Gasteiger partial charge in [-0.1, -0.05) is 82.8 Å². The molecule has 0 heterocycles. The second-order valence-corrected chi connectivity index (χ2v) is 13.4. The predicted octanol–water partition coefficient (Wildman–Crippen LogP) is 6.20. The van der Waals surface area contributed by atoms with Crippen LogP contribution in [0.3, 0.4) is 0 Å². The number of carbonyl (C=O) groups excluding carboxylic acids is 1. The van der Waals surface area contributed by atoms with Gasteiger partial charge in [-0.2, -0.15) is 0 Å². The summed E-state index contributed by atoms with van der Waals surface area (Å²) in [5.74, 6) is 1.97. The van der Waals surface area contributed by atoms with E-state index in [9.17, 15) is 20.1 Å². The number of hydrogen-bond donors (Lipinski definition) is 3. The fourth-order valence-corrected chi connectivity index (χ4v) is 5.31. The molecule has 3 atom stereocenters. The third-order valence-corrected chi connectivity index (χ3v) is 8.66. The highest BCUT2D eigenvalue weighted by Crippen LogP contribution is 2.35. The van der Waals surface area contributed by atoms with Gasteiger partial charge in [-0.15, -0.1) is 0 Å². The van der Waals surface area contributed by atoms with Gasteiger partial charge >= 0.3 is 5.97 Å². The van der Waals surface area contributed by atoms with E-state index in [1.165, 1.54) is 0 Å². The lowest BCUT2D eigenvalue weighted by atomic mass is 9.78. The molecule has 0 bridgehead atoms. The fraction of sp³-hybridized carbons (Fsp3) is 0.333. The molecule has 0 aliphatic rings. The zero-order chi connectivity index (χ0) is 37.0. The molecule has 0 spiro atoms. The number of aliphatic hydroxyl groups excluding tert-OH is 3. The second kappa shape index (κ2) is 17.9. The standard InChI is InChI=1S/C42H49O9/c1-7-40(46)51-28-35(45)27-50-39-22-14-33(15-23-39)42(5,6)32-12-20-38(21-13-32)49-26-34(44)25-48-37-18-10-31(11-19-37)41(3,4)30-8-16-36(17-9-30)47-24-29(2)43/h7-23,29,34-35,43-45H,1-2,24-28H2,3-6H3. The molecule has 4 aromatic carbocycles. The molecule has 0 fully saturated rings. The van der Waals surface area contributed by atoms with Gasteiger partial charge in [0.15, 0.2) is 0 Å². The van der Waals surface area contributed by atoms with Crippen LogP contribution in [0.2, 0.25) is 0 Å². The molecule has 0 aromatic heterocycles. The molecule has 9 heteroatoms. The van der Waals surface area contributed by atoms with E-state index in [1.807, 2.05) is 97.1 Å². The van der Waals surface area contributed by atoms with Gasteiger partial charge in [0, 0.05) is 16.9 Å². The summed E-state index contributed by atoms with van der Waals surface area (Å²) in [6.07, 6.45) is -1.51. The average Bonchev–Trinajstić information content (AvgIpc) is 3.14. The van der Waals surface area contributed by atoms with E-state index in [0.29, 0.717) is 23.0 Å². The quantitative estimate of drug-likeness (QED) is 0.0777. The summed E-state index contributed by atoms with van der Waals surface area (Å²) < 4.78 is 27.7. The molecule has 51 heavy (non-hydrogen) atoms. The maximum Gasteiger partial charge on any atom is 0.330 e. The highest BCUT2D eigenvalue weighted by molar-refractivity contribution is 5.81. The van der Waals surface area contributed by atoms with Crippen LogP contribution in [0.25, 0.3) is 0 Å². The molecular weight excluding hydrogens is 648 g/mol. The molecule has 0 amide bonds. The van der Waals surface area contributed by atoms with Gasteiger partial charge in [0.25, 0.3) is 0 Å². The Morgan fingerprint density at radius 1 is 0.549 bits per heavy atom. The van der Waals surface area contributed by atoms with Gasteiger partial charge in [0.1, 0.15) is 68.2 Å². The SMILES string of the molecule is [CH2]C(O)COc1ccc(C(C)(C)c2ccc(OCC(O)COc3ccc(C(C)(C)c4ccc(OCC(O)COC(=O)C=C)cc4)cc3)cc2)cc1. The summed E-state index contributed by atoms with van der Waals surface area (Å²) in [6, 6.07) is 31.1. The van der Waals surface area contributed by atoms with E-state index in [1.54, 1.807) is 0 Å². The van der Waals surface area contributed by atoms with Crippen molar-refractivity contribution in [3.8, 4) is 23.0 Å². The summed E-state index contributed by atoms with van der Waals surface area (Å²) in [5, 5.41) is 29.9. The topological polar surface area (TPSA) is 124 Å². The largest absolute Gasteiger partial charge is 0.491 e. The van der Waals surface area contributed by atoms with Gasteiger partial charge in [0.05, 0.1) is 6.10 Å². The van der Waals surface area contributed by atoms with Crippen LogP contribution >= 0.6 is 0 Å². The molecule has 3 unspecified atom stereocenters. The second-order valence-electron chi connectivity index (χ2n) is 13.4. The molecule has 271 valence electrons. The van der Waals surface area contributed by atoms with Crippen LogP contribution in [0.5, 0.6) is 23.0 Å². The molecule has 3 N–H and O–H groups in total. The zero-order valence-electron chi connectivity index (χ0n) is 29.8. The minimum absolute atomic E-state index is 0.0131. The number of esters is 1. The molecule has 9 nitrogen and oxygen atoms in total. The lowest BCUT2D eigenvalue weighted by Gasteiger charge is -2.27. The number of ether oxygens (including phenoxy) is 5. The first-order valence-electron chi connectivity index (χ1n) is 16.9. The number of rotatable bonds is 19. The van der Waals surface area contributed by atoms with Crippen molar-refractivity contribution in [3.05, 3.63) is 139 Å². The van der Waals surface area contributed by atoms with E-state index in [0.717, 1.165) is 28.3 Å². The van der Waals surface area contributed by atoms with E-state index in [4.69, 9.17) is 23.7 Å². The summed E-state index contributed by atoms with van der Waals surface area (Å²) in [7, 11) is 0. The zero-order valence-corrected chi connectivity index (χ0v) is 29.8. The van der Waals surface area contributed by atoms with Crippen LogP contribution in [-0.2, 0) is 20.4 Å². The molecule has 4 rings (SSSR count). The van der Waals surface area contributed by atoms with Crippen molar-refractivity contribution in [1.82, 2.24) is 0 Å². The maximum absolute atomic E-state index is 11.2. The van der Waals surface area contributed by atoms with Crippen molar-refractivity contribution in [2.45, 2.75) is 56.8 Å². The Morgan fingerprint density at radius 3 is 1.10 bits per heavy atom. The fourth-order valence-electron chi connectivity index (χ4n) is 5.31. The minimum Gasteiger partial charge on any atom is -0.491 e. The highest BCUT2D eigenvalue weighted by atomic mass is 16.5. The smallest absolute Gasteiger partial charge is 0.330 e. The third kappa shape index (κ3) is 11.3. The van der Waals surface area contributed by atoms with Crippen LogP contribution in [0.15, 0.2) is 110 Å². The van der Waals surface area contributed by atoms with Crippen LogP contribution < -0.4 is 18.9 Å². The van der Waals surface area contributed by atoms with Gasteiger partial charge in [-0.05, 0) is 77.7 Å². The Kier molecular flexibility index (Phi) is 13.7. The first-order valence-corrected chi connectivity index (χ1v) is 16.9. The Balaban J connectivity index is 1.22. The van der Waals surface area contributed by atoms with Gasteiger partial charge < -0.3 is 39.0 Å². The summed E-state index contributed by atoms with van der Waals surface area (Å²) in [5.41, 5.74) is 3.79. The van der Waals surface area contributed by atoms with Crippen molar-refractivity contribution in [3.63, 3.8) is 0 Å². The molecule has 0 saturated heterocycles. The summed E-state index contributed by atoms with van der Waals surface area (Å²) >= 11 is 0. The summed E-state index contributed by atoms with van der Waals surface area (Å²) in [4.78, 5) is 11.2. The molecule has 4 aromatic rings. The number of hydrogen-bond acceptors (Lipinski definition) is 9. The lowest BCUT2D eigenvalue weighted by molar-refractivity contribution is -0.141. The maximum atomic E-state index is 11.2. The lowest BCUT2D eigenvalue weighted by Crippen LogP contribution is -2.25. The third-order valence-electron chi connectivity index (χ3n) is 8.66. The van der Waals surface area contributed by atoms with Crippen molar-refractivity contribution < 1.29 is 43.8 Å². The van der Waals surface area contributed by atoms with Gasteiger partial charge in [0.2, 0.25) is 0 Å². The van der Waals surface area contributed by atoms with Crippen molar-refractivity contribution in [1.29, 1.82) is 0 Å². The van der Waals surface area contributed by atoms with E-state index in [2.05, 4.69) is 41.2 Å². The van der Waals surface area contributed by atoms with Crippen LogP contribution in [-0.4, -0.2) is 72.6 Å². The van der Waals surface area contributed by atoms with Crippen molar-refractivity contribution >= 4 is 5.97 Å².